The Hall–Kier alpha value is 0.0100. The molecule has 1 aliphatic carbocycles. The van der Waals surface area contributed by atoms with Crippen molar-refractivity contribution in [1.82, 2.24) is 5.32 Å². The van der Waals surface area contributed by atoms with Gasteiger partial charge >= 0.3 is 0 Å². The third kappa shape index (κ3) is 2.78. The zero-order valence-corrected chi connectivity index (χ0v) is 12.9. The molecule has 1 N–H and O–H groups in total. The van der Waals surface area contributed by atoms with Gasteiger partial charge in [0.2, 0.25) is 0 Å². The first kappa shape index (κ1) is 13.0. The Bertz CT molecular complexity index is 401. The fourth-order valence-electron chi connectivity index (χ4n) is 3.38. The minimum Gasteiger partial charge on any atom is -0.307 e. The molecule has 3 heteroatoms. The summed E-state index contributed by atoms with van der Waals surface area (Å²) >= 11 is 3.98. The topological polar surface area (TPSA) is 12.0 Å². The van der Waals surface area contributed by atoms with Crippen molar-refractivity contribution in [2.45, 2.75) is 67.5 Å². The van der Waals surface area contributed by atoms with Gasteiger partial charge < -0.3 is 5.32 Å². The lowest BCUT2D eigenvalue weighted by molar-refractivity contribution is 0.274. The normalized spacial score (nSPS) is 36.3. The minimum absolute atomic E-state index is 0.609. The molecule has 1 saturated carbocycles. The molecular weight excluding hydrogens is 258 g/mol. The molecule has 0 bridgehead atoms. The maximum atomic E-state index is 3.95. The van der Waals surface area contributed by atoms with Crippen LogP contribution in [0.25, 0.3) is 0 Å². The van der Waals surface area contributed by atoms with Crippen LogP contribution in [0.3, 0.4) is 0 Å². The fraction of sp³-hybridized carbons (Fsp3) is 0.733. The molecule has 2 aliphatic rings. The second-order valence-electron chi connectivity index (χ2n) is 6.02. The molecule has 0 radical (unpaired) electrons. The zero-order chi connectivity index (χ0) is 12.5. The molecule has 18 heavy (non-hydrogen) atoms. The third-order valence-corrected chi connectivity index (χ3v) is 6.63. The van der Waals surface area contributed by atoms with Crippen LogP contribution in [0.4, 0.5) is 0 Å². The number of thioether (sulfide) groups is 1. The van der Waals surface area contributed by atoms with Crippen molar-refractivity contribution in [2.24, 2.45) is 5.92 Å². The predicted molar refractivity (Wildman–Crippen MR) is 81.6 cm³/mol. The summed E-state index contributed by atoms with van der Waals surface area (Å²) in [5.74, 6) is 0.911. The van der Waals surface area contributed by atoms with Gasteiger partial charge in [0.25, 0.3) is 0 Å². The second-order valence-corrected chi connectivity index (χ2v) is 8.64. The third-order valence-electron chi connectivity index (χ3n) is 4.28. The first-order chi connectivity index (χ1) is 8.72. The van der Waals surface area contributed by atoms with Crippen LogP contribution >= 0.6 is 23.1 Å². The SMILES string of the molecule is CC1CCCC(NC2C[C@H](C)Sc3sccc32)C1. The molecule has 2 heterocycles. The molecule has 1 aromatic heterocycles. The highest BCUT2D eigenvalue weighted by Gasteiger charge is 2.29. The summed E-state index contributed by atoms with van der Waals surface area (Å²) in [6, 6.07) is 3.70. The Morgan fingerprint density at radius 1 is 1.22 bits per heavy atom. The fourth-order valence-corrected chi connectivity index (χ4v) is 5.94. The summed E-state index contributed by atoms with van der Waals surface area (Å²) in [6.45, 7) is 4.77. The standard InChI is InChI=1S/C15H23NS2/c1-10-4-3-5-12(8-10)16-14-9-11(2)18-15-13(14)6-7-17-15/h6-7,10-12,14,16H,3-5,8-9H2,1-2H3/t10?,11-,12?,14?/m0/s1. The van der Waals surface area contributed by atoms with E-state index in [1.807, 2.05) is 11.3 Å². The van der Waals surface area contributed by atoms with E-state index in [0.29, 0.717) is 6.04 Å². The van der Waals surface area contributed by atoms with Gasteiger partial charge in [0.05, 0.1) is 4.21 Å². The van der Waals surface area contributed by atoms with E-state index >= 15 is 0 Å². The second kappa shape index (κ2) is 5.56. The summed E-state index contributed by atoms with van der Waals surface area (Å²) in [6.07, 6.45) is 6.88. The maximum Gasteiger partial charge on any atom is 0.0649 e. The van der Waals surface area contributed by atoms with Gasteiger partial charge in [-0.25, -0.2) is 0 Å². The highest BCUT2D eigenvalue weighted by Crippen LogP contribution is 2.44. The van der Waals surface area contributed by atoms with Crippen molar-refractivity contribution in [3.05, 3.63) is 17.0 Å². The quantitative estimate of drug-likeness (QED) is 0.832. The Morgan fingerprint density at radius 2 is 2.11 bits per heavy atom. The average Bonchev–Trinajstić information content (AvgIpc) is 2.77. The number of hydrogen-bond donors (Lipinski definition) is 1. The smallest absolute Gasteiger partial charge is 0.0649 e. The molecule has 3 unspecified atom stereocenters. The Kier molecular flexibility index (Phi) is 4.02. The van der Waals surface area contributed by atoms with Gasteiger partial charge in [0.1, 0.15) is 0 Å². The Balaban J connectivity index is 1.69. The van der Waals surface area contributed by atoms with Crippen molar-refractivity contribution < 1.29 is 0 Å². The van der Waals surface area contributed by atoms with E-state index in [-0.39, 0.29) is 0 Å². The molecule has 0 spiro atoms. The van der Waals surface area contributed by atoms with Crippen molar-refractivity contribution in [3.8, 4) is 0 Å². The van der Waals surface area contributed by atoms with Crippen LogP contribution in [-0.2, 0) is 0 Å². The van der Waals surface area contributed by atoms with Crippen molar-refractivity contribution in [1.29, 1.82) is 0 Å². The Labute approximate surface area is 119 Å². The molecule has 0 saturated heterocycles. The minimum atomic E-state index is 0.609. The molecule has 1 aromatic rings. The summed E-state index contributed by atoms with van der Waals surface area (Å²) in [5, 5.41) is 6.97. The highest BCUT2D eigenvalue weighted by molar-refractivity contribution is 8.01. The lowest BCUT2D eigenvalue weighted by Gasteiger charge is -2.34. The van der Waals surface area contributed by atoms with Crippen LogP contribution in [0.15, 0.2) is 15.7 Å². The van der Waals surface area contributed by atoms with Crippen LogP contribution in [0.2, 0.25) is 0 Å². The summed E-state index contributed by atoms with van der Waals surface area (Å²) in [7, 11) is 0. The van der Waals surface area contributed by atoms with E-state index in [1.54, 1.807) is 9.77 Å². The number of thiophene rings is 1. The van der Waals surface area contributed by atoms with Crippen LogP contribution in [0.1, 0.15) is 57.6 Å². The van der Waals surface area contributed by atoms with Gasteiger partial charge in [0, 0.05) is 17.3 Å². The first-order valence-corrected chi connectivity index (χ1v) is 8.98. The monoisotopic (exact) mass is 281 g/mol. The van der Waals surface area contributed by atoms with E-state index in [4.69, 9.17) is 0 Å². The summed E-state index contributed by atoms with van der Waals surface area (Å²) < 4.78 is 1.55. The van der Waals surface area contributed by atoms with E-state index in [2.05, 4.69) is 42.4 Å². The molecule has 4 atom stereocenters. The van der Waals surface area contributed by atoms with Crippen molar-refractivity contribution in [2.75, 3.05) is 0 Å². The number of fused-ring (bicyclic) bond motifs is 1. The van der Waals surface area contributed by atoms with Crippen LogP contribution in [0, 0.1) is 5.92 Å². The molecule has 1 aliphatic heterocycles. The van der Waals surface area contributed by atoms with E-state index in [9.17, 15) is 0 Å². The largest absolute Gasteiger partial charge is 0.307 e. The van der Waals surface area contributed by atoms with Crippen molar-refractivity contribution in [3.63, 3.8) is 0 Å². The van der Waals surface area contributed by atoms with Gasteiger partial charge in [-0.15, -0.1) is 23.1 Å². The highest BCUT2D eigenvalue weighted by atomic mass is 32.2. The molecule has 100 valence electrons. The molecule has 3 rings (SSSR count). The number of hydrogen-bond acceptors (Lipinski definition) is 3. The average molecular weight is 281 g/mol. The van der Waals surface area contributed by atoms with Gasteiger partial charge in [-0.1, -0.05) is 26.7 Å². The summed E-state index contributed by atoms with van der Waals surface area (Å²) in [4.78, 5) is 0. The molecule has 1 fully saturated rings. The zero-order valence-electron chi connectivity index (χ0n) is 11.3. The van der Waals surface area contributed by atoms with E-state index < -0.39 is 0 Å². The van der Waals surface area contributed by atoms with Crippen molar-refractivity contribution >= 4 is 23.1 Å². The Morgan fingerprint density at radius 3 is 2.94 bits per heavy atom. The van der Waals surface area contributed by atoms with Crippen LogP contribution < -0.4 is 5.32 Å². The van der Waals surface area contributed by atoms with E-state index in [0.717, 1.165) is 17.2 Å². The van der Waals surface area contributed by atoms with Gasteiger partial charge in [-0.3, -0.25) is 0 Å². The van der Waals surface area contributed by atoms with Crippen LogP contribution in [-0.4, -0.2) is 11.3 Å². The van der Waals surface area contributed by atoms with Gasteiger partial charge in [0.15, 0.2) is 0 Å². The predicted octanol–water partition coefficient (Wildman–Crippen LogP) is 4.84. The van der Waals surface area contributed by atoms with E-state index in [1.165, 1.54) is 32.1 Å². The lowest BCUT2D eigenvalue weighted by atomic mass is 9.86. The molecule has 1 nitrogen and oxygen atoms in total. The lowest BCUT2D eigenvalue weighted by Crippen LogP contribution is -2.38. The maximum absolute atomic E-state index is 3.95. The number of rotatable bonds is 2. The molecule has 0 aromatic carbocycles. The van der Waals surface area contributed by atoms with Gasteiger partial charge in [-0.2, -0.15) is 0 Å². The molecule has 0 amide bonds. The summed E-state index contributed by atoms with van der Waals surface area (Å²) in [5.41, 5.74) is 1.57. The van der Waals surface area contributed by atoms with Crippen LogP contribution in [0.5, 0.6) is 0 Å². The first-order valence-electron chi connectivity index (χ1n) is 7.22. The number of nitrogens with one attached hydrogen (secondary N) is 1. The molecular formula is C15H23NS2. The van der Waals surface area contributed by atoms with Gasteiger partial charge in [-0.05, 0) is 42.2 Å².